The van der Waals surface area contributed by atoms with Gasteiger partial charge in [0.2, 0.25) is 15.9 Å². The molecule has 2 N–H and O–H groups in total. The molecule has 2 aromatic carbocycles. The number of aryl methyl sites for hydroxylation is 2. The summed E-state index contributed by atoms with van der Waals surface area (Å²) in [6.07, 6.45) is 1.17. The molecule has 2 heterocycles. The van der Waals surface area contributed by atoms with E-state index in [-0.39, 0.29) is 5.75 Å². The number of rotatable bonds is 3. The highest BCUT2D eigenvalue weighted by Crippen LogP contribution is 2.43. The Balaban J connectivity index is 1.66. The number of hydrogen-bond donors (Lipinski definition) is 1. The normalized spacial score (nSPS) is 16.5. The number of nitrogens with two attached hydrogens (primary N) is 1. The Morgan fingerprint density at radius 3 is 2.60 bits per heavy atom. The van der Waals surface area contributed by atoms with Gasteiger partial charge in [0.05, 0.1) is 17.1 Å². The van der Waals surface area contributed by atoms with Crippen molar-refractivity contribution in [3.8, 4) is 22.3 Å². The number of primary amides is 1. The number of nitrogens with zero attached hydrogens (tertiary/aromatic N) is 2. The lowest BCUT2D eigenvalue weighted by atomic mass is 9.93. The molecule has 3 aromatic rings. The first kappa shape index (κ1) is 18.9. The summed E-state index contributed by atoms with van der Waals surface area (Å²) in [5, 5.41) is 4.02. The van der Waals surface area contributed by atoms with Gasteiger partial charge in [-0.1, -0.05) is 11.2 Å². The summed E-state index contributed by atoms with van der Waals surface area (Å²) in [7, 11) is -3.25. The molecule has 1 amide bonds. The highest BCUT2D eigenvalue weighted by Gasteiger charge is 2.31. The molecule has 154 valence electrons. The molecular formula is C22H21N3O4S. The van der Waals surface area contributed by atoms with E-state index >= 15 is 0 Å². The molecule has 7 nitrogen and oxygen atoms in total. The second-order valence-electron chi connectivity index (χ2n) is 7.87. The van der Waals surface area contributed by atoms with E-state index < -0.39 is 15.9 Å². The van der Waals surface area contributed by atoms with Gasteiger partial charge in [0.1, 0.15) is 5.76 Å². The Hall–Kier alpha value is -3.13. The van der Waals surface area contributed by atoms with Gasteiger partial charge in [-0.2, -0.15) is 0 Å². The van der Waals surface area contributed by atoms with Gasteiger partial charge >= 0.3 is 0 Å². The summed E-state index contributed by atoms with van der Waals surface area (Å²) >= 11 is 0. The fraction of sp³-hybridized carbons (Fsp3) is 0.273. The molecule has 1 fully saturated rings. The maximum atomic E-state index is 12.3. The number of carbonyl (C=O) groups excluding carboxylic acids is 1. The third-order valence-electron chi connectivity index (χ3n) is 5.97. The van der Waals surface area contributed by atoms with Crippen LogP contribution in [-0.2, 0) is 16.4 Å². The second kappa shape index (κ2) is 6.43. The molecule has 2 aliphatic rings. The zero-order chi connectivity index (χ0) is 21.2. The molecule has 0 atom stereocenters. The first-order valence-electron chi connectivity index (χ1n) is 9.80. The van der Waals surface area contributed by atoms with Crippen molar-refractivity contribution in [3.05, 3.63) is 58.5 Å². The monoisotopic (exact) mass is 423 g/mol. The van der Waals surface area contributed by atoms with Crippen LogP contribution in [0.25, 0.3) is 22.3 Å². The summed E-state index contributed by atoms with van der Waals surface area (Å²) in [5.41, 5.74) is 13.1. The number of aromatic nitrogens is 1. The number of hydrogen-bond acceptors (Lipinski definition) is 5. The summed E-state index contributed by atoms with van der Waals surface area (Å²) in [6.45, 7) is 4.19. The Morgan fingerprint density at radius 1 is 1.17 bits per heavy atom. The van der Waals surface area contributed by atoms with Crippen molar-refractivity contribution >= 4 is 21.6 Å². The quantitative estimate of drug-likeness (QED) is 0.545. The van der Waals surface area contributed by atoms with Crippen LogP contribution >= 0.6 is 0 Å². The number of amides is 1. The highest BCUT2D eigenvalue weighted by molar-refractivity contribution is 7.93. The van der Waals surface area contributed by atoms with Gasteiger partial charge in [-0.05, 0) is 78.8 Å². The summed E-state index contributed by atoms with van der Waals surface area (Å²) in [6, 6.07) is 9.52. The van der Waals surface area contributed by atoms with Gasteiger partial charge in [0.25, 0.3) is 0 Å². The first-order chi connectivity index (χ1) is 14.3. The molecule has 0 bridgehead atoms. The molecule has 0 radical (unpaired) electrons. The number of benzene rings is 2. The van der Waals surface area contributed by atoms with Crippen molar-refractivity contribution in [2.75, 3.05) is 16.6 Å². The lowest BCUT2D eigenvalue weighted by Crippen LogP contribution is -2.25. The van der Waals surface area contributed by atoms with E-state index in [9.17, 15) is 13.2 Å². The number of anilines is 1. The van der Waals surface area contributed by atoms with Crippen molar-refractivity contribution < 1.29 is 17.7 Å². The highest BCUT2D eigenvalue weighted by atomic mass is 32.2. The summed E-state index contributed by atoms with van der Waals surface area (Å²) in [4.78, 5) is 12.3. The van der Waals surface area contributed by atoms with Crippen LogP contribution in [-0.4, -0.2) is 31.8 Å². The van der Waals surface area contributed by atoms with E-state index in [1.165, 1.54) is 4.31 Å². The molecule has 1 aliphatic carbocycles. The molecule has 1 aromatic heterocycles. The zero-order valence-electron chi connectivity index (χ0n) is 16.7. The molecule has 0 unspecified atom stereocenters. The largest absolute Gasteiger partial charge is 0.366 e. The van der Waals surface area contributed by atoms with Gasteiger partial charge in [0.15, 0.2) is 0 Å². The van der Waals surface area contributed by atoms with E-state index in [0.717, 1.165) is 39.1 Å². The molecule has 8 heteroatoms. The minimum absolute atomic E-state index is 0.178. The Bertz CT molecular complexity index is 1300. The van der Waals surface area contributed by atoms with Crippen LogP contribution in [0.4, 0.5) is 5.69 Å². The SMILES string of the molecule is Cc1noc(C)c1-c1cc(C(N)=O)c2c(c1)-c1ccc(N3CCCS3(=O)=O)cc1C2. The summed E-state index contributed by atoms with van der Waals surface area (Å²) < 4.78 is 31.4. The van der Waals surface area contributed by atoms with Crippen LogP contribution in [0.15, 0.2) is 34.9 Å². The average Bonchev–Trinajstić information content (AvgIpc) is 3.34. The van der Waals surface area contributed by atoms with Crippen LogP contribution in [0.5, 0.6) is 0 Å². The maximum Gasteiger partial charge on any atom is 0.249 e. The Labute approximate surface area is 174 Å². The molecule has 0 saturated carbocycles. The van der Waals surface area contributed by atoms with E-state index in [0.29, 0.717) is 36.4 Å². The van der Waals surface area contributed by atoms with Crippen LogP contribution in [0.2, 0.25) is 0 Å². The van der Waals surface area contributed by atoms with Crippen molar-refractivity contribution in [2.45, 2.75) is 26.7 Å². The molecule has 0 spiro atoms. The molecule has 30 heavy (non-hydrogen) atoms. The maximum absolute atomic E-state index is 12.3. The fourth-order valence-corrected chi connectivity index (χ4v) is 6.18. The zero-order valence-corrected chi connectivity index (χ0v) is 17.5. The lowest BCUT2D eigenvalue weighted by molar-refractivity contribution is 0.0999. The minimum atomic E-state index is -3.25. The van der Waals surface area contributed by atoms with Crippen molar-refractivity contribution in [3.63, 3.8) is 0 Å². The van der Waals surface area contributed by atoms with Crippen molar-refractivity contribution in [1.29, 1.82) is 0 Å². The Morgan fingerprint density at radius 2 is 1.97 bits per heavy atom. The topological polar surface area (TPSA) is 106 Å². The van der Waals surface area contributed by atoms with Crippen molar-refractivity contribution in [1.82, 2.24) is 5.16 Å². The van der Waals surface area contributed by atoms with Crippen LogP contribution in [0.1, 0.15) is 39.4 Å². The molecule has 1 saturated heterocycles. The van der Waals surface area contributed by atoms with E-state index in [2.05, 4.69) is 5.16 Å². The van der Waals surface area contributed by atoms with E-state index in [4.69, 9.17) is 10.3 Å². The van der Waals surface area contributed by atoms with Gasteiger partial charge in [-0.25, -0.2) is 8.42 Å². The molecule has 1 aliphatic heterocycles. The van der Waals surface area contributed by atoms with Crippen molar-refractivity contribution in [2.24, 2.45) is 5.73 Å². The van der Waals surface area contributed by atoms with Gasteiger partial charge in [-0.3, -0.25) is 9.10 Å². The molecular weight excluding hydrogens is 402 g/mol. The van der Waals surface area contributed by atoms with Crippen LogP contribution in [0.3, 0.4) is 0 Å². The smallest absolute Gasteiger partial charge is 0.249 e. The molecule has 5 rings (SSSR count). The second-order valence-corrected chi connectivity index (χ2v) is 9.89. The minimum Gasteiger partial charge on any atom is -0.366 e. The number of fused-ring (bicyclic) bond motifs is 3. The Kier molecular flexibility index (Phi) is 4.05. The van der Waals surface area contributed by atoms with Crippen LogP contribution in [0, 0.1) is 13.8 Å². The first-order valence-corrected chi connectivity index (χ1v) is 11.4. The van der Waals surface area contributed by atoms with E-state index in [1.54, 1.807) is 6.07 Å². The number of sulfonamides is 1. The van der Waals surface area contributed by atoms with Gasteiger partial charge in [-0.15, -0.1) is 0 Å². The third-order valence-corrected chi connectivity index (χ3v) is 7.84. The predicted octanol–water partition coefficient (Wildman–Crippen LogP) is 3.17. The standard InChI is InChI=1S/C22H21N3O4S/c1-12-21(13(2)29-24-12)15-10-18-17-5-4-16(25-6-3-7-30(25,27)28)8-14(17)9-19(18)20(11-15)22(23)26/h4-5,8,10-11H,3,6-7,9H2,1-2H3,(H2,23,26). The lowest BCUT2D eigenvalue weighted by Gasteiger charge is -2.17. The van der Waals surface area contributed by atoms with E-state index in [1.807, 2.05) is 38.1 Å². The predicted molar refractivity (Wildman–Crippen MR) is 114 cm³/mol. The van der Waals surface area contributed by atoms with Crippen LogP contribution < -0.4 is 10.0 Å². The van der Waals surface area contributed by atoms with Gasteiger partial charge < -0.3 is 10.3 Å². The average molecular weight is 423 g/mol. The number of carbonyl (C=O) groups is 1. The summed E-state index contributed by atoms with van der Waals surface area (Å²) in [5.74, 6) is 0.363. The van der Waals surface area contributed by atoms with Gasteiger partial charge in [0, 0.05) is 17.7 Å². The third kappa shape index (κ3) is 2.74. The fourth-order valence-electron chi connectivity index (χ4n) is 4.63.